The topological polar surface area (TPSA) is 94.5 Å². The molecular formula is C26H22N4O4. The van der Waals surface area contributed by atoms with Gasteiger partial charge in [-0.1, -0.05) is 30.3 Å². The Morgan fingerprint density at radius 1 is 0.912 bits per heavy atom. The number of hydrogen-bond acceptors (Lipinski definition) is 5. The fraction of sp³-hybridized carbons (Fsp3) is 0.115. The minimum atomic E-state index is -0.255. The molecule has 1 aliphatic heterocycles. The molecule has 0 unspecified atom stereocenters. The summed E-state index contributed by atoms with van der Waals surface area (Å²) in [7, 11) is 0. The number of anilines is 2. The lowest BCUT2D eigenvalue weighted by atomic mass is 10.1. The number of benzene rings is 3. The zero-order chi connectivity index (χ0) is 23.7. The molecule has 0 saturated carbocycles. The molecule has 170 valence electrons. The molecule has 5 rings (SSSR count). The summed E-state index contributed by atoms with van der Waals surface area (Å²) in [5.74, 6) is 1.38. The number of carbonyl (C=O) groups is 2. The predicted octanol–water partition coefficient (Wildman–Crippen LogP) is 4.79. The number of aryl methyl sites for hydroxylation is 1. The summed E-state index contributed by atoms with van der Waals surface area (Å²) in [4.78, 5) is 24.7. The molecule has 0 saturated heterocycles. The van der Waals surface area contributed by atoms with Crippen LogP contribution in [0.5, 0.6) is 11.5 Å². The van der Waals surface area contributed by atoms with Gasteiger partial charge in [-0.2, -0.15) is 5.10 Å². The zero-order valence-electron chi connectivity index (χ0n) is 18.7. The van der Waals surface area contributed by atoms with Crippen molar-refractivity contribution >= 4 is 23.3 Å². The van der Waals surface area contributed by atoms with E-state index in [1.165, 1.54) is 6.92 Å². The van der Waals surface area contributed by atoms with Crippen LogP contribution in [-0.4, -0.2) is 28.4 Å². The highest BCUT2D eigenvalue weighted by molar-refractivity contribution is 6.04. The second-order valence-corrected chi connectivity index (χ2v) is 7.84. The van der Waals surface area contributed by atoms with Crippen LogP contribution in [0.1, 0.15) is 23.0 Å². The zero-order valence-corrected chi connectivity index (χ0v) is 18.7. The number of aromatic nitrogens is 2. The van der Waals surface area contributed by atoms with Crippen molar-refractivity contribution in [3.8, 4) is 28.3 Å². The number of hydrogen-bond donors (Lipinski definition) is 2. The third-order valence-corrected chi connectivity index (χ3v) is 5.42. The van der Waals surface area contributed by atoms with Gasteiger partial charge in [0.2, 0.25) is 12.7 Å². The van der Waals surface area contributed by atoms with Crippen molar-refractivity contribution in [1.82, 2.24) is 9.78 Å². The number of ether oxygens (including phenoxy) is 2. The largest absolute Gasteiger partial charge is 0.454 e. The van der Waals surface area contributed by atoms with E-state index in [9.17, 15) is 9.59 Å². The number of nitrogens with zero attached hydrogens (tertiary/aromatic N) is 2. The first-order valence-corrected chi connectivity index (χ1v) is 10.7. The first kappa shape index (κ1) is 21.3. The summed E-state index contributed by atoms with van der Waals surface area (Å²) >= 11 is 0. The molecule has 2 N–H and O–H groups in total. The number of nitrogens with one attached hydrogen (secondary N) is 2. The van der Waals surface area contributed by atoms with Gasteiger partial charge in [0.15, 0.2) is 11.5 Å². The molecule has 0 bridgehead atoms. The van der Waals surface area contributed by atoms with E-state index in [1.807, 2.05) is 37.3 Å². The predicted molar refractivity (Wildman–Crippen MR) is 129 cm³/mol. The van der Waals surface area contributed by atoms with Crippen molar-refractivity contribution < 1.29 is 19.1 Å². The quantitative estimate of drug-likeness (QED) is 0.452. The molecule has 0 fully saturated rings. The lowest BCUT2D eigenvalue weighted by Crippen LogP contribution is -2.13. The molecule has 8 heteroatoms. The SMILES string of the molecule is CC(=O)Nc1c(-c2ccccc2)c(C)nn1-c1ccc(C(=O)Nc2ccc3c(c2)OCO3)cc1. The third kappa shape index (κ3) is 4.09. The average molecular weight is 454 g/mol. The van der Waals surface area contributed by atoms with Gasteiger partial charge in [0.25, 0.3) is 5.91 Å². The molecule has 34 heavy (non-hydrogen) atoms. The van der Waals surface area contributed by atoms with Crippen LogP contribution in [0.2, 0.25) is 0 Å². The Kier molecular flexibility index (Phi) is 5.47. The van der Waals surface area contributed by atoms with Crippen LogP contribution in [0.4, 0.5) is 11.5 Å². The molecule has 0 radical (unpaired) electrons. The molecule has 0 atom stereocenters. The molecule has 3 aromatic carbocycles. The van der Waals surface area contributed by atoms with Crippen LogP contribution in [0.15, 0.2) is 72.8 Å². The molecule has 1 aliphatic rings. The summed E-state index contributed by atoms with van der Waals surface area (Å²) in [6.45, 7) is 3.54. The molecule has 2 heterocycles. The molecule has 0 aliphatic carbocycles. The molecule has 2 amide bonds. The van der Waals surface area contributed by atoms with Crippen molar-refractivity contribution in [2.75, 3.05) is 17.4 Å². The van der Waals surface area contributed by atoms with E-state index < -0.39 is 0 Å². The smallest absolute Gasteiger partial charge is 0.255 e. The molecule has 8 nitrogen and oxygen atoms in total. The van der Waals surface area contributed by atoms with E-state index in [2.05, 4.69) is 15.7 Å². The lowest BCUT2D eigenvalue weighted by Gasteiger charge is -2.11. The fourth-order valence-corrected chi connectivity index (χ4v) is 3.88. The first-order chi connectivity index (χ1) is 16.5. The maximum absolute atomic E-state index is 12.8. The Morgan fingerprint density at radius 3 is 2.38 bits per heavy atom. The average Bonchev–Trinajstić information content (AvgIpc) is 3.43. The van der Waals surface area contributed by atoms with Gasteiger partial charge in [0.05, 0.1) is 11.4 Å². The Morgan fingerprint density at radius 2 is 1.65 bits per heavy atom. The van der Waals surface area contributed by atoms with E-state index in [0.717, 1.165) is 16.8 Å². The van der Waals surface area contributed by atoms with Gasteiger partial charge in [0.1, 0.15) is 5.82 Å². The molecular weight excluding hydrogens is 432 g/mol. The minimum absolute atomic E-state index is 0.174. The highest BCUT2D eigenvalue weighted by Crippen LogP contribution is 2.35. The molecule has 1 aromatic heterocycles. The number of rotatable bonds is 5. The number of carbonyl (C=O) groups excluding carboxylic acids is 2. The Hall–Kier alpha value is -4.59. The van der Waals surface area contributed by atoms with Gasteiger partial charge in [-0.05, 0) is 48.9 Å². The Labute approximate surface area is 196 Å². The minimum Gasteiger partial charge on any atom is -0.454 e. The van der Waals surface area contributed by atoms with E-state index in [-0.39, 0.29) is 18.6 Å². The van der Waals surface area contributed by atoms with Gasteiger partial charge < -0.3 is 20.1 Å². The van der Waals surface area contributed by atoms with Crippen molar-refractivity contribution in [2.24, 2.45) is 0 Å². The first-order valence-electron chi connectivity index (χ1n) is 10.7. The van der Waals surface area contributed by atoms with Crippen LogP contribution < -0.4 is 20.1 Å². The second kappa shape index (κ2) is 8.74. The van der Waals surface area contributed by atoms with Gasteiger partial charge in [0, 0.05) is 29.8 Å². The van der Waals surface area contributed by atoms with E-state index in [1.54, 1.807) is 47.1 Å². The van der Waals surface area contributed by atoms with Crippen LogP contribution >= 0.6 is 0 Å². The summed E-state index contributed by atoms with van der Waals surface area (Å²) in [5.41, 5.74) is 4.39. The monoisotopic (exact) mass is 454 g/mol. The number of fused-ring (bicyclic) bond motifs is 1. The fourth-order valence-electron chi connectivity index (χ4n) is 3.88. The van der Waals surface area contributed by atoms with Crippen molar-refractivity contribution in [2.45, 2.75) is 13.8 Å². The van der Waals surface area contributed by atoms with E-state index >= 15 is 0 Å². The highest BCUT2D eigenvalue weighted by atomic mass is 16.7. The normalized spacial score (nSPS) is 11.8. The van der Waals surface area contributed by atoms with E-state index in [4.69, 9.17) is 9.47 Å². The van der Waals surface area contributed by atoms with Gasteiger partial charge >= 0.3 is 0 Å². The Balaban J connectivity index is 1.43. The summed E-state index contributed by atoms with van der Waals surface area (Å²) in [5, 5.41) is 10.4. The van der Waals surface area contributed by atoms with Crippen LogP contribution in [0.25, 0.3) is 16.8 Å². The highest BCUT2D eigenvalue weighted by Gasteiger charge is 2.20. The van der Waals surface area contributed by atoms with Crippen LogP contribution in [-0.2, 0) is 4.79 Å². The summed E-state index contributed by atoms with van der Waals surface area (Å²) in [6.07, 6.45) is 0. The lowest BCUT2D eigenvalue weighted by molar-refractivity contribution is -0.114. The maximum atomic E-state index is 12.8. The van der Waals surface area contributed by atoms with Gasteiger partial charge in [-0.25, -0.2) is 4.68 Å². The van der Waals surface area contributed by atoms with Gasteiger partial charge in [-0.15, -0.1) is 0 Å². The van der Waals surface area contributed by atoms with Crippen molar-refractivity contribution in [3.63, 3.8) is 0 Å². The number of amides is 2. The maximum Gasteiger partial charge on any atom is 0.255 e. The summed E-state index contributed by atoms with van der Waals surface area (Å²) < 4.78 is 12.3. The van der Waals surface area contributed by atoms with E-state index in [0.29, 0.717) is 34.3 Å². The second-order valence-electron chi connectivity index (χ2n) is 7.84. The molecule has 4 aromatic rings. The molecule has 0 spiro atoms. The van der Waals surface area contributed by atoms with Gasteiger partial charge in [-0.3, -0.25) is 9.59 Å². The van der Waals surface area contributed by atoms with Crippen LogP contribution in [0, 0.1) is 6.92 Å². The Bertz CT molecular complexity index is 1380. The standard InChI is InChI=1S/C26H22N4O4/c1-16-24(18-6-4-3-5-7-18)25(27-17(2)31)30(29-16)21-11-8-19(9-12-21)26(32)28-20-10-13-22-23(14-20)34-15-33-22/h3-14H,15H2,1-2H3,(H,27,31)(H,28,32). The third-order valence-electron chi connectivity index (χ3n) is 5.42. The van der Waals surface area contributed by atoms with Crippen molar-refractivity contribution in [1.29, 1.82) is 0 Å². The summed E-state index contributed by atoms with van der Waals surface area (Å²) in [6, 6.07) is 22.0. The van der Waals surface area contributed by atoms with Crippen LogP contribution in [0.3, 0.4) is 0 Å². The van der Waals surface area contributed by atoms with Crippen molar-refractivity contribution in [3.05, 3.63) is 84.1 Å².